The van der Waals surface area contributed by atoms with E-state index in [1.54, 1.807) is 7.11 Å². The average Bonchev–Trinajstić information content (AvgIpc) is 2.21. The lowest BCUT2D eigenvalue weighted by atomic mass is 10.1. The molecule has 0 radical (unpaired) electrons. The zero-order chi connectivity index (χ0) is 10.6. The molecular weight excluding hydrogens is 174 g/mol. The van der Waals surface area contributed by atoms with Crippen molar-refractivity contribution in [3.05, 3.63) is 0 Å². The predicted molar refractivity (Wildman–Crippen MR) is 61.3 cm³/mol. The van der Waals surface area contributed by atoms with E-state index in [1.807, 2.05) is 6.92 Å². The molecule has 2 heteroatoms. The highest BCUT2D eigenvalue weighted by Gasteiger charge is 2.04. The molecule has 1 unspecified atom stereocenters. The van der Waals surface area contributed by atoms with Crippen molar-refractivity contribution in [3.63, 3.8) is 0 Å². The van der Waals surface area contributed by atoms with Crippen LogP contribution in [0, 0.1) is 11.8 Å². The fourth-order valence-electron chi connectivity index (χ4n) is 1.32. The van der Waals surface area contributed by atoms with Crippen molar-refractivity contribution in [2.45, 2.75) is 45.6 Å². The molecule has 0 amide bonds. The molecule has 0 aliphatic heterocycles. The van der Waals surface area contributed by atoms with Crippen LogP contribution < -0.4 is 5.32 Å². The van der Waals surface area contributed by atoms with E-state index < -0.39 is 0 Å². The van der Waals surface area contributed by atoms with E-state index in [1.165, 1.54) is 6.42 Å². The number of rotatable bonds is 8. The van der Waals surface area contributed by atoms with Gasteiger partial charge in [0.25, 0.3) is 0 Å². The van der Waals surface area contributed by atoms with Crippen LogP contribution in [0.1, 0.15) is 39.5 Å². The van der Waals surface area contributed by atoms with Crippen LogP contribution >= 0.6 is 0 Å². The summed E-state index contributed by atoms with van der Waals surface area (Å²) in [5, 5.41) is 3.51. The first-order valence-electron chi connectivity index (χ1n) is 5.47. The standard InChI is InChI=1S/C12H23NO/c1-4-6-8-12(13-10-5-2)9-7-11-14-3/h12-13H,5,7-11H2,1-3H3. The number of methoxy groups -OCH3 is 1. The van der Waals surface area contributed by atoms with Crippen molar-refractivity contribution >= 4 is 0 Å². The summed E-state index contributed by atoms with van der Waals surface area (Å²) in [5.74, 6) is 6.07. The molecule has 0 heterocycles. The smallest absolute Gasteiger partial charge is 0.0462 e. The van der Waals surface area contributed by atoms with Crippen molar-refractivity contribution in [3.8, 4) is 11.8 Å². The van der Waals surface area contributed by atoms with Crippen LogP contribution in [-0.4, -0.2) is 26.3 Å². The van der Waals surface area contributed by atoms with Crippen molar-refractivity contribution in [2.24, 2.45) is 0 Å². The quantitative estimate of drug-likeness (QED) is 0.476. The van der Waals surface area contributed by atoms with Crippen molar-refractivity contribution < 1.29 is 4.74 Å². The molecule has 2 nitrogen and oxygen atoms in total. The summed E-state index contributed by atoms with van der Waals surface area (Å²) in [7, 11) is 1.75. The van der Waals surface area contributed by atoms with E-state index in [-0.39, 0.29) is 0 Å². The summed E-state index contributed by atoms with van der Waals surface area (Å²) in [6.45, 7) is 6.02. The van der Waals surface area contributed by atoms with Crippen molar-refractivity contribution in [1.29, 1.82) is 0 Å². The Hall–Kier alpha value is -0.520. The Morgan fingerprint density at radius 1 is 1.43 bits per heavy atom. The van der Waals surface area contributed by atoms with E-state index in [0.29, 0.717) is 6.04 Å². The van der Waals surface area contributed by atoms with Gasteiger partial charge in [-0.15, -0.1) is 11.8 Å². The van der Waals surface area contributed by atoms with E-state index >= 15 is 0 Å². The van der Waals surface area contributed by atoms with Gasteiger partial charge in [-0.25, -0.2) is 0 Å². The molecule has 14 heavy (non-hydrogen) atoms. The van der Waals surface area contributed by atoms with Gasteiger partial charge in [0.2, 0.25) is 0 Å². The van der Waals surface area contributed by atoms with Gasteiger partial charge in [0.1, 0.15) is 0 Å². The van der Waals surface area contributed by atoms with Gasteiger partial charge in [0.15, 0.2) is 0 Å². The third-order valence-corrected chi connectivity index (χ3v) is 2.11. The van der Waals surface area contributed by atoms with Crippen molar-refractivity contribution in [1.82, 2.24) is 5.32 Å². The van der Waals surface area contributed by atoms with Crippen LogP contribution in [-0.2, 0) is 4.74 Å². The lowest BCUT2D eigenvalue weighted by Gasteiger charge is -2.15. The lowest BCUT2D eigenvalue weighted by Crippen LogP contribution is -2.29. The van der Waals surface area contributed by atoms with Gasteiger partial charge in [-0.3, -0.25) is 0 Å². The van der Waals surface area contributed by atoms with Crippen LogP contribution in [0.2, 0.25) is 0 Å². The molecular formula is C12H23NO. The highest BCUT2D eigenvalue weighted by atomic mass is 16.5. The van der Waals surface area contributed by atoms with Gasteiger partial charge in [-0.05, 0) is 32.7 Å². The van der Waals surface area contributed by atoms with Gasteiger partial charge in [-0.2, -0.15) is 0 Å². The van der Waals surface area contributed by atoms with E-state index in [4.69, 9.17) is 4.74 Å². The Balaban J connectivity index is 3.64. The molecule has 0 aliphatic carbocycles. The van der Waals surface area contributed by atoms with E-state index in [9.17, 15) is 0 Å². The van der Waals surface area contributed by atoms with Gasteiger partial charge in [-0.1, -0.05) is 6.92 Å². The van der Waals surface area contributed by atoms with Gasteiger partial charge in [0, 0.05) is 26.2 Å². The summed E-state index contributed by atoms with van der Waals surface area (Å²) in [6.07, 6.45) is 4.41. The van der Waals surface area contributed by atoms with Crippen molar-refractivity contribution in [2.75, 3.05) is 20.3 Å². The second-order valence-corrected chi connectivity index (χ2v) is 3.42. The lowest BCUT2D eigenvalue weighted by molar-refractivity contribution is 0.189. The van der Waals surface area contributed by atoms with Gasteiger partial charge in [0.05, 0.1) is 0 Å². The predicted octanol–water partition coefficient (Wildman–Crippen LogP) is 2.19. The number of nitrogens with one attached hydrogen (secondary N) is 1. The number of hydrogen-bond donors (Lipinski definition) is 1. The molecule has 0 bridgehead atoms. The Kier molecular flexibility index (Phi) is 10.2. The fourth-order valence-corrected chi connectivity index (χ4v) is 1.32. The zero-order valence-corrected chi connectivity index (χ0v) is 9.73. The molecule has 0 aromatic rings. The summed E-state index contributed by atoms with van der Waals surface area (Å²) in [6, 6.07) is 0.539. The van der Waals surface area contributed by atoms with E-state index in [2.05, 4.69) is 24.1 Å². The highest BCUT2D eigenvalue weighted by Crippen LogP contribution is 2.01. The van der Waals surface area contributed by atoms with Crippen LogP contribution in [0.15, 0.2) is 0 Å². The topological polar surface area (TPSA) is 21.3 Å². The average molecular weight is 197 g/mol. The molecule has 0 saturated carbocycles. The Morgan fingerprint density at radius 2 is 2.21 bits per heavy atom. The molecule has 82 valence electrons. The first-order valence-corrected chi connectivity index (χ1v) is 5.47. The maximum atomic E-state index is 5.04. The SMILES string of the molecule is CC#CCC(CCCOC)NCCC. The number of ether oxygens (including phenoxy) is 1. The van der Waals surface area contributed by atoms with Gasteiger partial charge >= 0.3 is 0 Å². The highest BCUT2D eigenvalue weighted by molar-refractivity contribution is 4.98. The molecule has 1 atom stereocenters. The maximum absolute atomic E-state index is 5.04. The molecule has 0 spiro atoms. The van der Waals surface area contributed by atoms with Crippen LogP contribution in [0.3, 0.4) is 0 Å². The van der Waals surface area contributed by atoms with Crippen LogP contribution in [0.4, 0.5) is 0 Å². The Bertz CT molecular complexity index is 169. The monoisotopic (exact) mass is 197 g/mol. The molecule has 0 aliphatic rings. The first-order chi connectivity index (χ1) is 6.85. The summed E-state index contributed by atoms with van der Waals surface area (Å²) < 4.78 is 5.04. The third kappa shape index (κ3) is 8.10. The third-order valence-electron chi connectivity index (χ3n) is 2.11. The molecule has 0 saturated heterocycles. The summed E-state index contributed by atoms with van der Waals surface area (Å²) in [5.41, 5.74) is 0. The molecule has 0 aromatic carbocycles. The largest absolute Gasteiger partial charge is 0.385 e. The first kappa shape index (κ1) is 13.5. The zero-order valence-electron chi connectivity index (χ0n) is 9.73. The second-order valence-electron chi connectivity index (χ2n) is 3.42. The van der Waals surface area contributed by atoms with Crippen LogP contribution in [0.25, 0.3) is 0 Å². The Labute approximate surface area is 88.4 Å². The maximum Gasteiger partial charge on any atom is 0.0462 e. The normalized spacial score (nSPS) is 11.9. The Morgan fingerprint density at radius 3 is 2.79 bits per heavy atom. The molecule has 0 fully saturated rings. The minimum Gasteiger partial charge on any atom is -0.385 e. The molecule has 0 rings (SSSR count). The molecule has 1 N–H and O–H groups in total. The minimum atomic E-state index is 0.539. The van der Waals surface area contributed by atoms with Crippen LogP contribution in [0.5, 0.6) is 0 Å². The molecule has 0 aromatic heterocycles. The van der Waals surface area contributed by atoms with Gasteiger partial charge < -0.3 is 10.1 Å². The number of hydrogen-bond acceptors (Lipinski definition) is 2. The summed E-state index contributed by atoms with van der Waals surface area (Å²) >= 11 is 0. The van der Waals surface area contributed by atoms with E-state index in [0.717, 1.165) is 32.4 Å². The fraction of sp³-hybridized carbons (Fsp3) is 0.833. The second kappa shape index (κ2) is 10.6. The minimum absolute atomic E-state index is 0.539. The summed E-state index contributed by atoms with van der Waals surface area (Å²) in [4.78, 5) is 0.